The van der Waals surface area contributed by atoms with E-state index in [-0.39, 0.29) is 18.0 Å². The van der Waals surface area contributed by atoms with Crippen LogP contribution in [0.1, 0.15) is 93.9 Å². The molecule has 1 rings (SSSR count). The molecule has 0 amide bonds. The Morgan fingerprint density at radius 2 is 1.71 bits per heavy atom. The molecule has 38 heavy (non-hydrogen) atoms. The lowest BCUT2D eigenvalue weighted by molar-refractivity contribution is -0.317. The zero-order chi connectivity index (χ0) is 29.4. The molecule has 1 fully saturated rings. The SMILES string of the molecule is CC[C@@H](OC(=O)C(C)CC(C)C)[C@@](C)(O)C(O)C(C)N(C)CC[C@@](O)(CC)OC1CC(N(C)C)CC(C)O1. The average molecular weight is 547 g/mol. The third-order valence-electron chi connectivity index (χ3n) is 8.20. The summed E-state index contributed by atoms with van der Waals surface area (Å²) in [6.45, 7) is 15.4. The summed E-state index contributed by atoms with van der Waals surface area (Å²) in [7, 11) is 5.91. The number of carbonyl (C=O) groups excluding carboxylic acids is 1. The van der Waals surface area contributed by atoms with Crippen LogP contribution < -0.4 is 0 Å². The molecular formula is C29H58N2O7. The van der Waals surface area contributed by atoms with Crippen molar-refractivity contribution in [1.82, 2.24) is 9.80 Å². The van der Waals surface area contributed by atoms with Crippen LogP contribution in [0.2, 0.25) is 0 Å². The van der Waals surface area contributed by atoms with Gasteiger partial charge in [0.2, 0.25) is 0 Å². The fraction of sp³-hybridized carbons (Fsp3) is 0.966. The monoisotopic (exact) mass is 546 g/mol. The quantitative estimate of drug-likeness (QED) is 0.198. The maximum absolute atomic E-state index is 12.6. The van der Waals surface area contributed by atoms with E-state index < -0.39 is 35.9 Å². The van der Waals surface area contributed by atoms with E-state index in [0.29, 0.717) is 50.6 Å². The van der Waals surface area contributed by atoms with E-state index in [1.54, 1.807) is 0 Å². The van der Waals surface area contributed by atoms with Crippen molar-refractivity contribution >= 4 is 5.97 Å². The summed E-state index contributed by atoms with van der Waals surface area (Å²) in [6.07, 6.45) is 0.865. The lowest BCUT2D eigenvalue weighted by Gasteiger charge is -2.42. The van der Waals surface area contributed by atoms with Gasteiger partial charge in [0.25, 0.3) is 0 Å². The van der Waals surface area contributed by atoms with Gasteiger partial charge in [-0.3, -0.25) is 4.79 Å². The minimum Gasteiger partial charge on any atom is -0.459 e. The molecule has 0 spiro atoms. The van der Waals surface area contributed by atoms with Crippen molar-refractivity contribution in [3.05, 3.63) is 0 Å². The number of carbonyl (C=O) groups is 1. The standard InChI is InChI=1S/C29H58N2O7/c1-12-24(37-27(33)20(5)16-19(3)4)28(8,34)26(32)22(7)31(11)15-14-29(35,13-2)38-25-18-23(30(9)10)17-21(6)36-25/h19-26,32,34-35H,12-18H2,1-11H3/t20?,21?,22?,23?,24-,25?,26?,28-,29-/m1/s1. The predicted molar refractivity (Wildman–Crippen MR) is 149 cm³/mol. The lowest BCUT2D eigenvalue weighted by Crippen LogP contribution is -2.59. The van der Waals surface area contributed by atoms with Crippen molar-refractivity contribution in [1.29, 1.82) is 0 Å². The zero-order valence-electron chi connectivity index (χ0n) is 25.9. The summed E-state index contributed by atoms with van der Waals surface area (Å²) >= 11 is 0. The molecule has 1 saturated heterocycles. The van der Waals surface area contributed by atoms with Crippen molar-refractivity contribution in [2.75, 3.05) is 27.7 Å². The maximum atomic E-state index is 12.6. The second-order valence-corrected chi connectivity index (χ2v) is 12.4. The first-order valence-electron chi connectivity index (χ1n) is 14.5. The van der Waals surface area contributed by atoms with Crippen LogP contribution in [0.15, 0.2) is 0 Å². The highest BCUT2D eigenvalue weighted by Crippen LogP contribution is 2.30. The van der Waals surface area contributed by atoms with E-state index >= 15 is 0 Å². The van der Waals surface area contributed by atoms with Gasteiger partial charge >= 0.3 is 5.97 Å². The van der Waals surface area contributed by atoms with Gasteiger partial charge in [-0.2, -0.15) is 0 Å². The molecule has 0 aromatic heterocycles. The van der Waals surface area contributed by atoms with Gasteiger partial charge in [-0.1, -0.05) is 34.6 Å². The fourth-order valence-corrected chi connectivity index (χ4v) is 5.28. The van der Waals surface area contributed by atoms with Crippen LogP contribution >= 0.6 is 0 Å². The van der Waals surface area contributed by atoms with Crippen molar-refractivity contribution in [3.63, 3.8) is 0 Å². The highest BCUT2D eigenvalue weighted by molar-refractivity contribution is 5.72. The Balaban J connectivity index is 2.80. The zero-order valence-corrected chi connectivity index (χ0v) is 25.9. The van der Waals surface area contributed by atoms with Gasteiger partial charge in [-0.15, -0.1) is 0 Å². The molecule has 9 atom stereocenters. The summed E-state index contributed by atoms with van der Waals surface area (Å²) in [5.41, 5.74) is -1.65. The molecule has 0 radical (unpaired) electrons. The van der Waals surface area contributed by atoms with E-state index in [0.717, 1.165) is 6.42 Å². The second kappa shape index (κ2) is 15.3. The highest BCUT2D eigenvalue weighted by Gasteiger charge is 2.45. The van der Waals surface area contributed by atoms with Gasteiger partial charge in [0.1, 0.15) is 17.8 Å². The molecule has 0 aromatic carbocycles. The maximum Gasteiger partial charge on any atom is 0.309 e. The van der Waals surface area contributed by atoms with Crippen LogP contribution in [0.5, 0.6) is 0 Å². The summed E-state index contributed by atoms with van der Waals surface area (Å²) in [5.74, 6) is -1.67. The Bertz CT molecular complexity index is 704. The van der Waals surface area contributed by atoms with Crippen LogP contribution in [0.3, 0.4) is 0 Å². The van der Waals surface area contributed by atoms with Crippen molar-refractivity contribution in [2.24, 2.45) is 11.8 Å². The van der Waals surface area contributed by atoms with E-state index in [9.17, 15) is 20.1 Å². The number of aliphatic hydroxyl groups excluding tert-OH is 1. The first-order valence-corrected chi connectivity index (χ1v) is 14.5. The van der Waals surface area contributed by atoms with E-state index in [4.69, 9.17) is 14.2 Å². The van der Waals surface area contributed by atoms with Gasteiger partial charge in [0.15, 0.2) is 12.1 Å². The predicted octanol–water partition coefficient (Wildman–Crippen LogP) is 3.38. The Hall–Kier alpha value is -0.810. The number of hydrogen-bond acceptors (Lipinski definition) is 9. The molecule has 0 aromatic rings. The number of likely N-dealkylation sites (N-methyl/N-ethyl adjacent to an activating group) is 1. The molecule has 9 heteroatoms. The van der Waals surface area contributed by atoms with Crippen molar-refractivity contribution < 1.29 is 34.3 Å². The number of nitrogens with zero attached hydrogens (tertiary/aromatic N) is 2. The molecule has 0 saturated carbocycles. The molecule has 3 N–H and O–H groups in total. The summed E-state index contributed by atoms with van der Waals surface area (Å²) in [5, 5.41) is 33.7. The summed E-state index contributed by atoms with van der Waals surface area (Å²) in [6, 6.07) is -0.157. The van der Waals surface area contributed by atoms with E-state index in [2.05, 4.69) is 4.90 Å². The largest absolute Gasteiger partial charge is 0.459 e. The van der Waals surface area contributed by atoms with Crippen LogP contribution in [0.25, 0.3) is 0 Å². The molecule has 0 bridgehead atoms. The Morgan fingerprint density at radius 3 is 2.21 bits per heavy atom. The molecule has 9 nitrogen and oxygen atoms in total. The average Bonchev–Trinajstić information content (AvgIpc) is 2.83. The number of aliphatic hydroxyl groups is 3. The minimum absolute atomic E-state index is 0.0382. The van der Waals surface area contributed by atoms with Crippen LogP contribution in [0.4, 0.5) is 0 Å². The van der Waals surface area contributed by atoms with Gasteiger partial charge < -0.3 is 39.3 Å². The summed E-state index contributed by atoms with van der Waals surface area (Å²) < 4.78 is 17.8. The van der Waals surface area contributed by atoms with E-state index in [1.165, 1.54) is 6.92 Å². The lowest BCUT2D eigenvalue weighted by atomic mass is 9.86. The number of ether oxygens (including phenoxy) is 3. The van der Waals surface area contributed by atoms with Crippen LogP contribution in [-0.4, -0.2) is 107 Å². The molecule has 0 aliphatic carbocycles. The Labute approximate surface area is 231 Å². The van der Waals surface area contributed by atoms with Gasteiger partial charge in [-0.25, -0.2) is 0 Å². The van der Waals surface area contributed by atoms with Crippen LogP contribution in [0, 0.1) is 11.8 Å². The Morgan fingerprint density at radius 1 is 1.11 bits per heavy atom. The third kappa shape index (κ3) is 10.3. The number of esters is 1. The van der Waals surface area contributed by atoms with Crippen LogP contribution in [-0.2, 0) is 19.0 Å². The fourth-order valence-electron chi connectivity index (χ4n) is 5.28. The third-order valence-corrected chi connectivity index (χ3v) is 8.20. The molecule has 226 valence electrons. The number of hydrogen-bond donors (Lipinski definition) is 3. The summed E-state index contributed by atoms with van der Waals surface area (Å²) in [4.78, 5) is 16.7. The molecule has 6 unspecified atom stereocenters. The molecule has 1 heterocycles. The van der Waals surface area contributed by atoms with Gasteiger partial charge in [-0.05, 0) is 73.5 Å². The first kappa shape index (κ1) is 35.2. The molecule has 1 aliphatic heterocycles. The second-order valence-electron chi connectivity index (χ2n) is 12.4. The minimum atomic E-state index is -1.65. The van der Waals surface area contributed by atoms with Gasteiger partial charge in [0.05, 0.1) is 12.0 Å². The topological polar surface area (TPSA) is 112 Å². The Kier molecular flexibility index (Phi) is 14.1. The molecule has 1 aliphatic rings. The smallest absolute Gasteiger partial charge is 0.309 e. The number of rotatable bonds is 16. The molecular weight excluding hydrogens is 488 g/mol. The normalized spacial score (nSPS) is 27.0. The van der Waals surface area contributed by atoms with Gasteiger partial charge in [0, 0.05) is 31.5 Å². The van der Waals surface area contributed by atoms with Crippen molar-refractivity contribution in [3.8, 4) is 0 Å². The first-order chi connectivity index (χ1) is 17.5. The van der Waals surface area contributed by atoms with E-state index in [1.807, 2.05) is 74.5 Å². The highest BCUT2D eigenvalue weighted by atomic mass is 16.7. The van der Waals surface area contributed by atoms with Crippen molar-refractivity contribution in [2.45, 2.75) is 142 Å².